The van der Waals surface area contributed by atoms with Gasteiger partial charge in [0.2, 0.25) is 0 Å². The van der Waals surface area contributed by atoms with Crippen molar-refractivity contribution in [1.82, 2.24) is 15.1 Å². The number of nitrogens with zero attached hydrogens (tertiary/aromatic N) is 2. The van der Waals surface area contributed by atoms with E-state index in [1.807, 2.05) is 24.9 Å². The Labute approximate surface area is 112 Å². The Morgan fingerprint density at radius 2 is 2.11 bits per heavy atom. The van der Waals surface area contributed by atoms with Crippen molar-refractivity contribution < 1.29 is 10.2 Å². The van der Waals surface area contributed by atoms with Crippen LogP contribution in [0.2, 0.25) is 0 Å². The van der Waals surface area contributed by atoms with Crippen LogP contribution in [0.25, 0.3) is 0 Å². The second-order valence-electron chi connectivity index (χ2n) is 4.72. The molecule has 2 aromatic rings. The molecule has 0 spiro atoms. The van der Waals surface area contributed by atoms with Crippen LogP contribution < -0.4 is 5.32 Å². The topological polar surface area (TPSA) is 70.3 Å². The maximum absolute atomic E-state index is 9.72. The molecule has 3 N–H and O–H groups in total. The monoisotopic (exact) mass is 261 g/mol. The van der Waals surface area contributed by atoms with Gasteiger partial charge in [0, 0.05) is 42.5 Å². The maximum atomic E-state index is 9.72. The lowest BCUT2D eigenvalue weighted by Crippen LogP contribution is -2.18. The first-order chi connectivity index (χ1) is 8.99. The van der Waals surface area contributed by atoms with Gasteiger partial charge in [-0.2, -0.15) is 5.10 Å². The van der Waals surface area contributed by atoms with E-state index in [-0.39, 0.29) is 17.5 Å². The van der Waals surface area contributed by atoms with E-state index in [4.69, 9.17) is 0 Å². The van der Waals surface area contributed by atoms with Gasteiger partial charge in [0.05, 0.1) is 6.20 Å². The standard InChI is InChI=1S/C14H19N3O2/c1-9(13-8-16-17(3)10(13)2)15-7-11-4-5-12(18)6-14(11)19/h4-6,8-9,15,18-19H,7H2,1-3H3. The molecule has 102 valence electrons. The fourth-order valence-corrected chi connectivity index (χ4v) is 2.02. The number of rotatable bonds is 4. The molecule has 0 bridgehead atoms. The maximum Gasteiger partial charge on any atom is 0.123 e. The predicted molar refractivity (Wildman–Crippen MR) is 73.0 cm³/mol. The fraction of sp³-hybridized carbons (Fsp3) is 0.357. The quantitative estimate of drug-likeness (QED) is 0.787. The number of aryl methyl sites for hydroxylation is 1. The van der Waals surface area contributed by atoms with E-state index >= 15 is 0 Å². The summed E-state index contributed by atoms with van der Waals surface area (Å²) < 4.78 is 1.84. The van der Waals surface area contributed by atoms with Crippen molar-refractivity contribution in [3.63, 3.8) is 0 Å². The molecule has 0 amide bonds. The fourth-order valence-electron chi connectivity index (χ4n) is 2.02. The molecule has 5 heteroatoms. The summed E-state index contributed by atoms with van der Waals surface area (Å²) in [5, 5.41) is 26.5. The Morgan fingerprint density at radius 1 is 1.37 bits per heavy atom. The highest BCUT2D eigenvalue weighted by atomic mass is 16.3. The Balaban J connectivity index is 2.04. The second kappa shape index (κ2) is 5.32. The number of aromatic hydroxyl groups is 2. The minimum Gasteiger partial charge on any atom is -0.508 e. The van der Waals surface area contributed by atoms with Crippen molar-refractivity contribution in [1.29, 1.82) is 0 Å². The molecule has 0 radical (unpaired) electrons. The third-order valence-corrected chi connectivity index (χ3v) is 3.41. The van der Waals surface area contributed by atoms with Crippen LogP contribution in [0.15, 0.2) is 24.4 Å². The second-order valence-corrected chi connectivity index (χ2v) is 4.72. The third-order valence-electron chi connectivity index (χ3n) is 3.41. The molecule has 1 unspecified atom stereocenters. The van der Waals surface area contributed by atoms with Crippen molar-refractivity contribution in [3.8, 4) is 11.5 Å². The Bertz CT molecular complexity index is 578. The van der Waals surface area contributed by atoms with E-state index in [0.29, 0.717) is 6.54 Å². The third kappa shape index (κ3) is 2.88. The number of hydrogen-bond acceptors (Lipinski definition) is 4. The van der Waals surface area contributed by atoms with Gasteiger partial charge in [0.25, 0.3) is 0 Å². The Hall–Kier alpha value is -2.01. The molecule has 1 heterocycles. The van der Waals surface area contributed by atoms with Crippen LogP contribution in [-0.4, -0.2) is 20.0 Å². The normalized spacial score (nSPS) is 12.6. The average Bonchev–Trinajstić information content (AvgIpc) is 2.69. The number of phenols is 2. The van der Waals surface area contributed by atoms with E-state index in [1.54, 1.807) is 12.1 Å². The van der Waals surface area contributed by atoms with E-state index < -0.39 is 0 Å². The van der Waals surface area contributed by atoms with Gasteiger partial charge < -0.3 is 15.5 Å². The molecule has 0 aliphatic carbocycles. The predicted octanol–water partition coefficient (Wildman–Crippen LogP) is 1.99. The summed E-state index contributed by atoms with van der Waals surface area (Å²) in [6, 6.07) is 4.76. The zero-order chi connectivity index (χ0) is 14.0. The minimum absolute atomic E-state index is 0.0670. The summed E-state index contributed by atoms with van der Waals surface area (Å²) >= 11 is 0. The van der Waals surface area contributed by atoms with Crippen LogP contribution in [-0.2, 0) is 13.6 Å². The Morgan fingerprint density at radius 3 is 2.68 bits per heavy atom. The van der Waals surface area contributed by atoms with Crippen molar-refractivity contribution >= 4 is 0 Å². The molecule has 1 aromatic carbocycles. The van der Waals surface area contributed by atoms with Gasteiger partial charge in [-0.3, -0.25) is 4.68 Å². The van der Waals surface area contributed by atoms with E-state index in [9.17, 15) is 10.2 Å². The van der Waals surface area contributed by atoms with Gasteiger partial charge in [0.1, 0.15) is 11.5 Å². The van der Waals surface area contributed by atoms with E-state index in [0.717, 1.165) is 16.8 Å². The number of aromatic nitrogens is 2. The molecular formula is C14H19N3O2. The molecule has 1 aromatic heterocycles. The molecule has 1 atom stereocenters. The highest BCUT2D eigenvalue weighted by Crippen LogP contribution is 2.23. The highest BCUT2D eigenvalue weighted by molar-refractivity contribution is 5.38. The molecule has 0 aliphatic rings. The van der Waals surface area contributed by atoms with Gasteiger partial charge in [-0.15, -0.1) is 0 Å². The van der Waals surface area contributed by atoms with Crippen LogP contribution in [0.1, 0.15) is 29.8 Å². The smallest absolute Gasteiger partial charge is 0.123 e. The van der Waals surface area contributed by atoms with Crippen LogP contribution in [0, 0.1) is 6.92 Å². The lowest BCUT2D eigenvalue weighted by molar-refractivity contribution is 0.441. The van der Waals surface area contributed by atoms with Crippen molar-refractivity contribution in [2.75, 3.05) is 0 Å². The first kappa shape index (κ1) is 13.4. The average molecular weight is 261 g/mol. The van der Waals surface area contributed by atoms with Crippen LogP contribution in [0.5, 0.6) is 11.5 Å². The number of hydrogen-bond donors (Lipinski definition) is 3. The molecule has 5 nitrogen and oxygen atoms in total. The van der Waals surface area contributed by atoms with Gasteiger partial charge in [-0.05, 0) is 19.9 Å². The SMILES string of the molecule is Cc1c(C(C)NCc2ccc(O)cc2O)cnn1C. The molecule has 0 aliphatic heterocycles. The van der Waals surface area contributed by atoms with E-state index in [2.05, 4.69) is 17.3 Å². The lowest BCUT2D eigenvalue weighted by Gasteiger charge is -2.14. The molecule has 0 saturated carbocycles. The molecule has 0 saturated heterocycles. The number of benzene rings is 1. The molecule has 2 rings (SSSR count). The van der Waals surface area contributed by atoms with Crippen LogP contribution >= 0.6 is 0 Å². The minimum atomic E-state index is 0.0670. The largest absolute Gasteiger partial charge is 0.508 e. The summed E-state index contributed by atoms with van der Waals surface area (Å²) in [6.45, 7) is 4.61. The van der Waals surface area contributed by atoms with Crippen molar-refractivity contribution in [3.05, 3.63) is 41.2 Å². The summed E-state index contributed by atoms with van der Waals surface area (Å²) in [6.07, 6.45) is 1.85. The van der Waals surface area contributed by atoms with Gasteiger partial charge >= 0.3 is 0 Å². The van der Waals surface area contributed by atoms with Crippen molar-refractivity contribution in [2.45, 2.75) is 26.4 Å². The van der Waals surface area contributed by atoms with Crippen molar-refractivity contribution in [2.24, 2.45) is 7.05 Å². The summed E-state index contributed by atoms with van der Waals surface area (Å²) in [5.74, 6) is 0.167. The van der Waals surface area contributed by atoms with E-state index in [1.165, 1.54) is 6.07 Å². The lowest BCUT2D eigenvalue weighted by atomic mass is 10.1. The Kier molecular flexibility index (Phi) is 3.76. The molecule has 0 fully saturated rings. The van der Waals surface area contributed by atoms with Gasteiger partial charge in [-0.1, -0.05) is 6.07 Å². The zero-order valence-corrected chi connectivity index (χ0v) is 11.4. The summed E-state index contributed by atoms with van der Waals surface area (Å²) in [7, 11) is 1.91. The first-order valence-electron chi connectivity index (χ1n) is 6.21. The van der Waals surface area contributed by atoms with Gasteiger partial charge in [-0.25, -0.2) is 0 Å². The first-order valence-corrected chi connectivity index (χ1v) is 6.21. The molecular weight excluding hydrogens is 242 g/mol. The highest BCUT2D eigenvalue weighted by Gasteiger charge is 2.12. The summed E-state index contributed by atoms with van der Waals surface area (Å²) in [5.41, 5.74) is 3.02. The zero-order valence-electron chi connectivity index (χ0n) is 11.4. The van der Waals surface area contributed by atoms with Crippen LogP contribution in [0.3, 0.4) is 0 Å². The number of nitrogens with one attached hydrogen (secondary N) is 1. The summed E-state index contributed by atoms with van der Waals surface area (Å²) in [4.78, 5) is 0. The molecule has 19 heavy (non-hydrogen) atoms. The number of phenolic OH excluding ortho intramolecular Hbond substituents is 2. The van der Waals surface area contributed by atoms with Crippen LogP contribution in [0.4, 0.5) is 0 Å². The van der Waals surface area contributed by atoms with Gasteiger partial charge in [0.15, 0.2) is 0 Å².